The molecule has 0 unspecified atom stereocenters. The van der Waals surface area contributed by atoms with Gasteiger partial charge in [0.15, 0.2) is 0 Å². The van der Waals surface area contributed by atoms with Gasteiger partial charge >= 0.3 is 11.7 Å². The summed E-state index contributed by atoms with van der Waals surface area (Å²) < 4.78 is 2.19. The Morgan fingerprint density at radius 2 is 1.80 bits per heavy atom. The molecule has 0 bridgehead atoms. The highest BCUT2D eigenvalue weighted by atomic mass is 16.3. The van der Waals surface area contributed by atoms with Crippen LogP contribution in [0.15, 0.2) is 9.59 Å². The molecule has 7 N–H and O–H groups in total. The number of urea groups is 1. The zero-order valence-corrected chi connectivity index (χ0v) is 19.6. The van der Waals surface area contributed by atoms with Gasteiger partial charge < -0.3 is 21.5 Å². The van der Waals surface area contributed by atoms with Gasteiger partial charge in [-0.1, -0.05) is 13.3 Å². The Labute approximate surface area is 200 Å². The van der Waals surface area contributed by atoms with Crippen molar-refractivity contribution in [3.63, 3.8) is 0 Å². The molecule has 2 saturated carbocycles. The molecule has 2 spiro atoms. The maximum Gasteiger partial charge on any atom is 0.334 e. The van der Waals surface area contributed by atoms with Crippen molar-refractivity contribution in [2.75, 3.05) is 6.54 Å². The van der Waals surface area contributed by atoms with Crippen LogP contribution in [-0.2, 0) is 16.1 Å². The highest BCUT2D eigenvalue weighted by Gasteiger charge is 2.66. The molecule has 35 heavy (non-hydrogen) atoms. The van der Waals surface area contributed by atoms with Crippen LogP contribution in [0.3, 0.4) is 0 Å². The molecule has 0 radical (unpaired) electrons. The van der Waals surface area contributed by atoms with Crippen LogP contribution in [0.25, 0.3) is 0 Å². The van der Waals surface area contributed by atoms with Gasteiger partial charge in [-0.05, 0) is 50.4 Å². The first-order valence-corrected chi connectivity index (χ1v) is 11.8. The first-order chi connectivity index (χ1) is 16.5. The Morgan fingerprint density at radius 3 is 2.34 bits per heavy atom. The van der Waals surface area contributed by atoms with E-state index in [1.807, 2.05) is 6.92 Å². The number of unbranched alkanes of at least 4 members (excludes halogenated alkanes) is 1. The fourth-order valence-electron chi connectivity index (χ4n) is 6.08. The van der Waals surface area contributed by atoms with Crippen molar-refractivity contribution in [1.82, 2.24) is 19.4 Å². The van der Waals surface area contributed by atoms with E-state index < -0.39 is 52.4 Å². The Kier molecular flexibility index (Phi) is 5.97. The van der Waals surface area contributed by atoms with Crippen LogP contribution in [0.2, 0.25) is 0 Å². The summed E-state index contributed by atoms with van der Waals surface area (Å²) in [5.41, 5.74) is 7.67. The number of nitrogen functional groups attached to an aromatic ring is 1. The number of carbonyl (C=O) groups excluding carboxylic acids is 3. The third-order valence-corrected chi connectivity index (χ3v) is 7.79. The Balaban J connectivity index is 1.58. The lowest BCUT2D eigenvalue weighted by Crippen LogP contribution is -2.65. The van der Waals surface area contributed by atoms with Gasteiger partial charge in [-0.3, -0.25) is 34.2 Å². The number of carbonyl (C=O) groups is 3. The van der Waals surface area contributed by atoms with Gasteiger partial charge in [0.2, 0.25) is 11.8 Å². The molecule has 2 heterocycles. The number of aromatic hydroxyl groups is 1. The van der Waals surface area contributed by atoms with E-state index in [0.29, 0.717) is 44.9 Å². The zero-order valence-electron chi connectivity index (χ0n) is 19.6. The van der Waals surface area contributed by atoms with Gasteiger partial charge in [-0.25, -0.2) is 9.59 Å². The third kappa shape index (κ3) is 3.78. The molecular formula is C22H31N7O6. The molecule has 13 nitrogen and oxygen atoms in total. The molecule has 0 aromatic carbocycles. The Bertz CT molecular complexity index is 1220. The van der Waals surface area contributed by atoms with E-state index in [4.69, 9.17) is 16.9 Å². The van der Waals surface area contributed by atoms with Crippen LogP contribution in [0.1, 0.15) is 69.9 Å². The lowest BCUT2D eigenvalue weighted by molar-refractivity contribution is -0.146. The Hall–Kier alpha value is -3.64. The van der Waals surface area contributed by atoms with Crippen molar-refractivity contribution in [3.8, 4) is 5.88 Å². The second-order valence-electron chi connectivity index (χ2n) is 10.0. The second kappa shape index (κ2) is 8.54. The number of imide groups is 1. The minimum absolute atomic E-state index is 0.194. The van der Waals surface area contributed by atoms with Gasteiger partial charge in [0.1, 0.15) is 23.5 Å². The number of nitrogens with zero attached hydrogens (tertiary/aromatic N) is 3. The smallest absolute Gasteiger partial charge is 0.334 e. The number of nitrogens with one attached hydrogen (secondary N) is 2. The average molecular weight is 490 g/mol. The number of hydrogen-bond acceptors (Lipinski definition) is 7. The molecule has 13 heteroatoms. The van der Waals surface area contributed by atoms with E-state index in [0.717, 1.165) is 15.6 Å². The fraction of sp³-hybridized carbons (Fsp3) is 0.636. The van der Waals surface area contributed by atoms with Crippen molar-refractivity contribution in [3.05, 3.63) is 26.4 Å². The van der Waals surface area contributed by atoms with E-state index in [2.05, 4.69) is 5.32 Å². The lowest BCUT2D eigenvalue weighted by atomic mass is 9.51. The summed E-state index contributed by atoms with van der Waals surface area (Å²) in [4.78, 5) is 63.7. The monoisotopic (exact) mass is 489 g/mol. The van der Waals surface area contributed by atoms with Crippen LogP contribution in [-0.4, -0.2) is 54.9 Å². The van der Waals surface area contributed by atoms with Gasteiger partial charge in [0.25, 0.3) is 11.5 Å². The summed E-state index contributed by atoms with van der Waals surface area (Å²) in [6.45, 7) is 1.78. The van der Waals surface area contributed by atoms with Crippen molar-refractivity contribution in [1.29, 1.82) is 5.41 Å². The van der Waals surface area contributed by atoms with Crippen LogP contribution in [0.5, 0.6) is 5.88 Å². The molecule has 4 rings (SSSR count). The fourth-order valence-corrected chi connectivity index (χ4v) is 6.08. The van der Waals surface area contributed by atoms with Crippen LogP contribution < -0.4 is 28.0 Å². The van der Waals surface area contributed by atoms with Gasteiger partial charge in [-0.15, -0.1) is 0 Å². The number of amides is 4. The van der Waals surface area contributed by atoms with Gasteiger partial charge in [0.05, 0.1) is 0 Å². The zero-order chi connectivity index (χ0) is 25.7. The molecular weight excluding hydrogens is 458 g/mol. The second-order valence-corrected chi connectivity index (χ2v) is 10.0. The number of primary amides is 1. The summed E-state index contributed by atoms with van der Waals surface area (Å²) in [7, 11) is 0. The van der Waals surface area contributed by atoms with Crippen molar-refractivity contribution in [2.45, 2.75) is 76.4 Å². The van der Waals surface area contributed by atoms with E-state index in [-0.39, 0.29) is 24.1 Å². The molecule has 1 saturated heterocycles. The average Bonchev–Trinajstić information content (AvgIpc) is 2.98. The maximum atomic E-state index is 13.2. The first-order valence-electron chi connectivity index (χ1n) is 11.8. The largest absolute Gasteiger partial charge is 0.494 e. The number of rotatable bonds is 7. The molecule has 0 atom stereocenters. The predicted octanol–water partition coefficient (Wildman–Crippen LogP) is -0.529. The predicted molar refractivity (Wildman–Crippen MR) is 124 cm³/mol. The summed E-state index contributed by atoms with van der Waals surface area (Å²) in [5, 5.41) is 20.5. The third-order valence-electron chi connectivity index (χ3n) is 7.79. The van der Waals surface area contributed by atoms with Gasteiger partial charge in [-0.2, -0.15) is 0 Å². The van der Waals surface area contributed by atoms with E-state index >= 15 is 0 Å². The summed E-state index contributed by atoms with van der Waals surface area (Å²) in [6.07, 6.45) is 4.24. The molecule has 1 aliphatic heterocycles. The summed E-state index contributed by atoms with van der Waals surface area (Å²) in [5.74, 6) is -2.33. The highest BCUT2D eigenvalue weighted by Crippen LogP contribution is 2.61. The first kappa shape index (κ1) is 24.5. The standard InChI is InChI=1S/C22H31N7O6/c1-2-3-8-27-16(31)14(15(24)25)17(32)29(20(27)35)12-4-6-21(7-5-12)10-22(11-21)18(33)26-19(34)28(22)9-13(23)30/h12,31H,2-11H2,1H3,(H2,23,30)(H3,24,25)(H,26,33,34). The summed E-state index contributed by atoms with van der Waals surface area (Å²) >= 11 is 0. The molecule has 3 aliphatic rings. The number of aromatic nitrogens is 2. The van der Waals surface area contributed by atoms with E-state index in [9.17, 15) is 29.1 Å². The number of amidine groups is 1. The maximum absolute atomic E-state index is 13.2. The minimum Gasteiger partial charge on any atom is -0.494 e. The molecule has 3 fully saturated rings. The topological polar surface area (TPSA) is 207 Å². The van der Waals surface area contributed by atoms with Crippen LogP contribution in [0.4, 0.5) is 4.79 Å². The quantitative estimate of drug-likeness (QED) is 0.192. The molecule has 2 aliphatic carbocycles. The van der Waals surface area contributed by atoms with Gasteiger partial charge in [0, 0.05) is 12.6 Å². The SMILES string of the molecule is CCCCn1c(O)c(C(=N)N)c(=O)n(C2CCC3(CC2)CC2(C3)C(=O)NC(=O)N2CC(N)=O)c1=O. The minimum atomic E-state index is -1.09. The molecule has 190 valence electrons. The highest BCUT2D eigenvalue weighted by molar-refractivity contribution is 6.08. The van der Waals surface area contributed by atoms with Crippen LogP contribution >= 0.6 is 0 Å². The normalized spacial score (nSPS) is 27.8. The number of hydrogen-bond donors (Lipinski definition) is 5. The molecule has 4 amide bonds. The van der Waals surface area contributed by atoms with Crippen molar-refractivity contribution < 1.29 is 19.5 Å². The molecule has 1 aromatic rings. The number of nitrogens with two attached hydrogens (primary N) is 2. The summed E-state index contributed by atoms with van der Waals surface area (Å²) in [6, 6.07) is -1.08. The Morgan fingerprint density at radius 1 is 1.17 bits per heavy atom. The molecule has 1 aromatic heterocycles. The van der Waals surface area contributed by atoms with Crippen molar-refractivity contribution in [2.24, 2.45) is 16.9 Å². The van der Waals surface area contributed by atoms with E-state index in [1.165, 1.54) is 4.90 Å². The van der Waals surface area contributed by atoms with Crippen LogP contribution in [0, 0.1) is 10.8 Å². The lowest BCUT2D eigenvalue weighted by Gasteiger charge is -2.58. The van der Waals surface area contributed by atoms with E-state index in [1.54, 1.807) is 0 Å². The van der Waals surface area contributed by atoms with Crippen molar-refractivity contribution >= 4 is 23.7 Å².